The van der Waals surface area contributed by atoms with E-state index in [1.807, 2.05) is 13.0 Å². The third-order valence-corrected chi connectivity index (χ3v) is 4.05. The lowest BCUT2D eigenvalue weighted by molar-refractivity contribution is 0.382. The summed E-state index contributed by atoms with van der Waals surface area (Å²) in [7, 11) is 1.54. The Kier molecular flexibility index (Phi) is 3.15. The summed E-state index contributed by atoms with van der Waals surface area (Å²) in [5.74, 6) is 1.21. The molecule has 1 aliphatic rings. The summed E-state index contributed by atoms with van der Waals surface area (Å²) in [6.07, 6.45) is 3.68. The van der Waals surface area contributed by atoms with Gasteiger partial charge in [0.1, 0.15) is 0 Å². The molecule has 3 rings (SSSR count). The molecule has 5 heteroatoms. The number of nitrogens with zero attached hydrogens (tertiary/aromatic N) is 3. The molecule has 1 N–H and O–H groups in total. The Balaban J connectivity index is 2.08. The van der Waals surface area contributed by atoms with Crippen LogP contribution in [0.1, 0.15) is 41.9 Å². The molecule has 1 aromatic heterocycles. The highest BCUT2D eigenvalue weighted by Crippen LogP contribution is 2.40. The van der Waals surface area contributed by atoms with E-state index in [9.17, 15) is 5.26 Å². The van der Waals surface area contributed by atoms with Gasteiger partial charge in [0.15, 0.2) is 5.82 Å². The van der Waals surface area contributed by atoms with Gasteiger partial charge in [-0.05, 0) is 48.9 Å². The molecule has 102 valence electrons. The van der Waals surface area contributed by atoms with Gasteiger partial charge >= 0.3 is 6.01 Å². The third kappa shape index (κ3) is 2.03. The summed E-state index contributed by atoms with van der Waals surface area (Å²) in [6, 6.07) is 6.64. The minimum absolute atomic E-state index is 0.379. The van der Waals surface area contributed by atoms with Crippen LogP contribution in [0.2, 0.25) is 0 Å². The predicted octanol–water partition coefficient (Wildman–Crippen LogP) is 2.93. The van der Waals surface area contributed by atoms with Crippen LogP contribution in [0.15, 0.2) is 12.1 Å². The van der Waals surface area contributed by atoms with Crippen molar-refractivity contribution in [3.63, 3.8) is 0 Å². The smallest absolute Gasteiger partial charge is 0.314 e. The Hall–Kier alpha value is -2.35. The van der Waals surface area contributed by atoms with Crippen LogP contribution in [0.3, 0.4) is 0 Å². The molecule has 0 aliphatic heterocycles. The first-order chi connectivity index (χ1) is 9.72. The van der Waals surface area contributed by atoms with Gasteiger partial charge in [-0.3, -0.25) is 4.98 Å². The molecule has 1 heterocycles. The summed E-state index contributed by atoms with van der Waals surface area (Å²) >= 11 is 0. The fraction of sp³-hybridized carbons (Fsp3) is 0.400. The Morgan fingerprint density at radius 1 is 1.35 bits per heavy atom. The number of nitriles is 1. The molecule has 1 aliphatic carbocycles. The van der Waals surface area contributed by atoms with Crippen molar-refractivity contribution in [1.29, 1.82) is 5.26 Å². The fourth-order valence-electron chi connectivity index (χ4n) is 2.60. The number of hydrogen-bond donors (Lipinski definition) is 1. The molecule has 0 atom stereocenters. The molecule has 0 radical (unpaired) electrons. The van der Waals surface area contributed by atoms with E-state index < -0.39 is 0 Å². The molecule has 2 aromatic rings. The molecular weight excluding hydrogens is 252 g/mol. The lowest BCUT2D eigenvalue weighted by Gasteiger charge is -2.28. The Bertz CT molecular complexity index is 680. The first kappa shape index (κ1) is 12.7. The quantitative estimate of drug-likeness (QED) is 0.928. The second kappa shape index (κ2) is 4.97. The number of ether oxygens (including phenoxy) is 1. The third-order valence-electron chi connectivity index (χ3n) is 4.05. The van der Waals surface area contributed by atoms with Crippen LogP contribution in [0.4, 0.5) is 0 Å². The highest BCUT2D eigenvalue weighted by Gasteiger charge is 2.23. The van der Waals surface area contributed by atoms with Crippen molar-refractivity contribution in [3.8, 4) is 23.5 Å². The van der Waals surface area contributed by atoms with Crippen LogP contribution in [0.5, 0.6) is 6.01 Å². The largest absolute Gasteiger partial charge is 0.467 e. The number of benzene rings is 1. The van der Waals surface area contributed by atoms with Crippen molar-refractivity contribution >= 4 is 0 Å². The van der Waals surface area contributed by atoms with Gasteiger partial charge in [0, 0.05) is 5.56 Å². The molecular formula is C15H16N4O. The second-order valence-corrected chi connectivity index (χ2v) is 5.16. The van der Waals surface area contributed by atoms with Crippen LogP contribution in [-0.4, -0.2) is 22.3 Å². The summed E-state index contributed by atoms with van der Waals surface area (Å²) in [6.45, 7) is 2.02. The molecule has 1 aromatic carbocycles. The summed E-state index contributed by atoms with van der Waals surface area (Å²) in [5, 5.41) is 17.3. The maximum absolute atomic E-state index is 9.32. The van der Waals surface area contributed by atoms with Crippen LogP contribution < -0.4 is 4.74 Å². The first-order valence-corrected chi connectivity index (χ1v) is 6.74. The lowest BCUT2D eigenvalue weighted by atomic mass is 9.77. The molecule has 20 heavy (non-hydrogen) atoms. The lowest BCUT2D eigenvalue weighted by Crippen LogP contribution is -2.11. The molecule has 0 bridgehead atoms. The van der Waals surface area contributed by atoms with Gasteiger partial charge in [0.2, 0.25) is 0 Å². The molecule has 0 amide bonds. The number of hydrogen-bond acceptors (Lipinski definition) is 4. The van der Waals surface area contributed by atoms with Crippen molar-refractivity contribution < 1.29 is 4.74 Å². The van der Waals surface area contributed by atoms with E-state index in [2.05, 4.69) is 27.3 Å². The maximum Gasteiger partial charge on any atom is 0.314 e. The highest BCUT2D eigenvalue weighted by molar-refractivity contribution is 5.62. The van der Waals surface area contributed by atoms with Gasteiger partial charge in [-0.15, -0.1) is 5.10 Å². The van der Waals surface area contributed by atoms with Crippen molar-refractivity contribution in [3.05, 3.63) is 28.8 Å². The van der Waals surface area contributed by atoms with Crippen LogP contribution >= 0.6 is 0 Å². The standard InChI is InChI=1S/C15H16N4O/c1-9-12(8-16)6-11(7-13(9)10-4-3-5-10)14-17-15(20-2)19-18-14/h6-7,10H,3-5H2,1-2H3,(H,17,18,19). The average Bonchev–Trinajstić information content (AvgIpc) is 2.88. The van der Waals surface area contributed by atoms with Crippen molar-refractivity contribution in [2.45, 2.75) is 32.1 Å². The van der Waals surface area contributed by atoms with Gasteiger partial charge in [-0.25, -0.2) is 0 Å². The van der Waals surface area contributed by atoms with Gasteiger partial charge in [-0.2, -0.15) is 5.26 Å². The zero-order valence-electron chi connectivity index (χ0n) is 11.6. The average molecular weight is 268 g/mol. The number of aromatic nitrogens is 3. The second-order valence-electron chi connectivity index (χ2n) is 5.16. The minimum Gasteiger partial charge on any atom is -0.467 e. The zero-order valence-corrected chi connectivity index (χ0v) is 11.6. The van der Waals surface area contributed by atoms with E-state index in [-0.39, 0.29) is 0 Å². The summed E-state index contributed by atoms with van der Waals surface area (Å²) in [5.41, 5.74) is 3.96. The number of H-pyrrole nitrogens is 1. The number of aromatic amines is 1. The van der Waals surface area contributed by atoms with Gasteiger partial charge in [-0.1, -0.05) is 11.5 Å². The monoisotopic (exact) mass is 268 g/mol. The van der Waals surface area contributed by atoms with Crippen LogP contribution in [0.25, 0.3) is 11.4 Å². The zero-order chi connectivity index (χ0) is 14.1. The predicted molar refractivity (Wildman–Crippen MR) is 74.4 cm³/mol. The molecule has 0 spiro atoms. The Morgan fingerprint density at radius 2 is 2.15 bits per heavy atom. The van der Waals surface area contributed by atoms with E-state index in [0.717, 1.165) is 11.1 Å². The van der Waals surface area contributed by atoms with Crippen molar-refractivity contribution in [2.75, 3.05) is 7.11 Å². The van der Waals surface area contributed by atoms with E-state index in [1.165, 1.54) is 24.8 Å². The minimum atomic E-state index is 0.379. The van der Waals surface area contributed by atoms with E-state index in [4.69, 9.17) is 4.74 Å². The van der Waals surface area contributed by atoms with Gasteiger partial charge in [0.05, 0.1) is 18.7 Å². The van der Waals surface area contributed by atoms with E-state index in [1.54, 1.807) is 7.11 Å². The van der Waals surface area contributed by atoms with Crippen LogP contribution in [0, 0.1) is 18.3 Å². The van der Waals surface area contributed by atoms with E-state index in [0.29, 0.717) is 23.3 Å². The van der Waals surface area contributed by atoms with E-state index >= 15 is 0 Å². The summed E-state index contributed by atoms with van der Waals surface area (Å²) < 4.78 is 5.01. The number of nitrogens with one attached hydrogen (secondary N) is 1. The first-order valence-electron chi connectivity index (χ1n) is 6.74. The Labute approximate surface area is 117 Å². The van der Waals surface area contributed by atoms with Crippen LogP contribution in [-0.2, 0) is 0 Å². The van der Waals surface area contributed by atoms with Crippen molar-refractivity contribution in [1.82, 2.24) is 15.2 Å². The molecule has 0 saturated heterocycles. The molecule has 5 nitrogen and oxygen atoms in total. The summed E-state index contributed by atoms with van der Waals surface area (Å²) in [4.78, 5) is 3.00. The highest BCUT2D eigenvalue weighted by atomic mass is 16.5. The SMILES string of the molecule is COc1nnc(-c2cc(C#N)c(C)c(C3CCC3)c2)[nH]1. The van der Waals surface area contributed by atoms with Crippen molar-refractivity contribution in [2.24, 2.45) is 0 Å². The Morgan fingerprint density at radius 3 is 2.70 bits per heavy atom. The molecule has 1 fully saturated rings. The molecule has 1 saturated carbocycles. The van der Waals surface area contributed by atoms with Gasteiger partial charge in [0.25, 0.3) is 0 Å². The normalized spacial score (nSPS) is 14.7. The fourth-order valence-corrected chi connectivity index (χ4v) is 2.60. The molecule has 0 unspecified atom stereocenters. The number of rotatable bonds is 3. The van der Waals surface area contributed by atoms with Gasteiger partial charge < -0.3 is 4.74 Å². The number of methoxy groups -OCH3 is 1. The maximum atomic E-state index is 9.32. The topological polar surface area (TPSA) is 74.6 Å².